The maximum absolute atomic E-state index is 12.4. The average molecular weight is 288 g/mol. The zero-order valence-corrected chi connectivity index (χ0v) is 11.7. The van der Waals surface area contributed by atoms with Gasteiger partial charge < -0.3 is 4.90 Å². The molecule has 3 heteroatoms. The van der Waals surface area contributed by atoms with Crippen molar-refractivity contribution in [3.63, 3.8) is 0 Å². The van der Waals surface area contributed by atoms with E-state index in [-0.39, 0.29) is 5.92 Å². The molecule has 0 heterocycles. The molecule has 0 radical (unpaired) electrons. The molecule has 2 fully saturated rings. The first-order valence-electron chi connectivity index (χ1n) is 6.60. The first kappa shape index (κ1) is 12.4. The second-order valence-corrected chi connectivity index (χ2v) is 6.08. The summed E-state index contributed by atoms with van der Waals surface area (Å²) in [7, 11) is 0. The largest absolute Gasteiger partial charge is 0.339 e. The average Bonchev–Trinajstić information content (AvgIpc) is 3.02. The smallest absolute Gasteiger partial charge is 0.225 e. The van der Waals surface area contributed by atoms with Crippen molar-refractivity contribution in [1.82, 2.24) is 4.90 Å². The van der Waals surface area contributed by atoms with Crippen molar-refractivity contribution < 1.29 is 4.79 Å². The maximum Gasteiger partial charge on any atom is 0.225 e. The highest BCUT2D eigenvalue weighted by Gasteiger charge is 2.37. The molecule has 0 N–H and O–H groups in total. The van der Waals surface area contributed by atoms with Gasteiger partial charge in [-0.1, -0.05) is 22.9 Å². The standard InChI is InChI=1S/C13H22BrNO/c1-10(11-6-7-11)13(16)15(9-3-8-14)12-4-2-5-12/h10-12H,2-9H2,1H3. The quantitative estimate of drug-likeness (QED) is 0.687. The van der Waals surface area contributed by atoms with E-state index in [1.807, 2.05) is 0 Å². The maximum atomic E-state index is 12.4. The van der Waals surface area contributed by atoms with Crippen molar-refractivity contribution >= 4 is 21.8 Å². The number of rotatable bonds is 6. The third-order valence-electron chi connectivity index (χ3n) is 4.05. The molecular formula is C13H22BrNO. The molecule has 0 aromatic carbocycles. The number of carbonyl (C=O) groups is 1. The van der Waals surface area contributed by atoms with E-state index < -0.39 is 0 Å². The summed E-state index contributed by atoms with van der Waals surface area (Å²) in [5.74, 6) is 1.39. The summed E-state index contributed by atoms with van der Waals surface area (Å²) in [6, 6.07) is 0.563. The summed E-state index contributed by atoms with van der Waals surface area (Å²) < 4.78 is 0. The minimum absolute atomic E-state index is 0.274. The van der Waals surface area contributed by atoms with Gasteiger partial charge in [0.25, 0.3) is 0 Å². The van der Waals surface area contributed by atoms with Gasteiger partial charge in [0.1, 0.15) is 0 Å². The predicted molar refractivity (Wildman–Crippen MR) is 69.7 cm³/mol. The topological polar surface area (TPSA) is 20.3 Å². The molecule has 0 spiro atoms. The second kappa shape index (κ2) is 5.52. The van der Waals surface area contributed by atoms with Crippen molar-refractivity contribution in [2.75, 3.05) is 11.9 Å². The Hall–Kier alpha value is -0.0500. The van der Waals surface area contributed by atoms with Crippen LogP contribution in [-0.2, 0) is 4.79 Å². The molecule has 1 amide bonds. The number of carbonyl (C=O) groups excluding carboxylic acids is 1. The fraction of sp³-hybridized carbons (Fsp3) is 0.923. The summed E-state index contributed by atoms with van der Waals surface area (Å²) in [5, 5.41) is 1.00. The Kier molecular flexibility index (Phi) is 4.28. The summed E-state index contributed by atoms with van der Waals surface area (Å²) in [4.78, 5) is 14.5. The molecule has 0 aromatic heterocycles. The van der Waals surface area contributed by atoms with Crippen LogP contribution in [0.4, 0.5) is 0 Å². The summed E-state index contributed by atoms with van der Waals surface area (Å²) in [5.41, 5.74) is 0. The van der Waals surface area contributed by atoms with E-state index in [9.17, 15) is 4.79 Å². The van der Waals surface area contributed by atoms with Gasteiger partial charge in [-0.05, 0) is 44.4 Å². The molecule has 0 saturated heterocycles. The lowest BCUT2D eigenvalue weighted by molar-refractivity contribution is -0.139. The summed E-state index contributed by atoms with van der Waals surface area (Å²) in [6.45, 7) is 3.08. The molecule has 0 bridgehead atoms. The molecule has 92 valence electrons. The van der Waals surface area contributed by atoms with Gasteiger partial charge in [-0.3, -0.25) is 4.79 Å². The summed E-state index contributed by atoms with van der Waals surface area (Å²) >= 11 is 3.46. The molecule has 2 aliphatic carbocycles. The van der Waals surface area contributed by atoms with E-state index in [4.69, 9.17) is 0 Å². The van der Waals surface area contributed by atoms with Crippen LogP contribution in [0.2, 0.25) is 0 Å². The van der Waals surface area contributed by atoms with Crippen LogP contribution in [-0.4, -0.2) is 28.7 Å². The van der Waals surface area contributed by atoms with Gasteiger partial charge in [-0.25, -0.2) is 0 Å². The number of nitrogens with zero attached hydrogens (tertiary/aromatic N) is 1. The van der Waals surface area contributed by atoms with Gasteiger partial charge in [0.2, 0.25) is 5.91 Å². The molecule has 2 aliphatic rings. The van der Waals surface area contributed by atoms with Crippen LogP contribution < -0.4 is 0 Å². The number of hydrogen-bond donors (Lipinski definition) is 0. The molecular weight excluding hydrogens is 266 g/mol. The van der Waals surface area contributed by atoms with Crippen molar-refractivity contribution in [3.05, 3.63) is 0 Å². The minimum Gasteiger partial charge on any atom is -0.339 e. The van der Waals surface area contributed by atoms with Gasteiger partial charge >= 0.3 is 0 Å². The van der Waals surface area contributed by atoms with Crippen molar-refractivity contribution in [3.8, 4) is 0 Å². The van der Waals surface area contributed by atoms with Crippen LogP contribution in [0.3, 0.4) is 0 Å². The van der Waals surface area contributed by atoms with Crippen LogP contribution in [0, 0.1) is 11.8 Å². The van der Waals surface area contributed by atoms with Gasteiger partial charge in [-0.2, -0.15) is 0 Å². The number of amides is 1. The molecule has 2 nitrogen and oxygen atoms in total. The van der Waals surface area contributed by atoms with Gasteiger partial charge in [0.05, 0.1) is 0 Å². The Balaban J connectivity index is 1.90. The van der Waals surface area contributed by atoms with Gasteiger partial charge in [-0.15, -0.1) is 0 Å². The second-order valence-electron chi connectivity index (χ2n) is 5.28. The van der Waals surface area contributed by atoms with Crippen LogP contribution >= 0.6 is 15.9 Å². The van der Waals surface area contributed by atoms with E-state index in [0.29, 0.717) is 17.9 Å². The lowest BCUT2D eigenvalue weighted by atomic mass is 9.90. The Morgan fingerprint density at radius 1 is 1.38 bits per heavy atom. The number of alkyl halides is 1. The third-order valence-corrected chi connectivity index (χ3v) is 4.61. The Morgan fingerprint density at radius 3 is 2.50 bits per heavy atom. The van der Waals surface area contributed by atoms with E-state index in [1.165, 1.54) is 32.1 Å². The van der Waals surface area contributed by atoms with E-state index in [0.717, 1.165) is 18.3 Å². The zero-order valence-electron chi connectivity index (χ0n) is 10.1. The van der Waals surface area contributed by atoms with E-state index in [2.05, 4.69) is 27.8 Å². The fourth-order valence-corrected chi connectivity index (χ4v) is 2.71. The fourth-order valence-electron chi connectivity index (χ4n) is 2.46. The van der Waals surface area contributed by atoms with Crippen molar-refractivity contribution in [2.24, 2.45) is 11.8 Å². The highest BCUT2D eigenvalue weighted by atomic mass is 79.9. The molecule has 1 atom stereocenters. The van der Waals surface area contributed by atoms with Gasteiger partial charge in [0.15, 0.2) is 0 Å². The molecule has 1 unspecified atom stereocenters. The van der Waals surface area contributed by atoms with Crippen molar-refractivity contribution in [2.45, 2.75) is 51.5 Å². The van der Waals surface area contributed by atoms with Crippen LogP contribution in [0.1, 0.15) is 45.4 Å². The lowest BCUT2D eigenvalue weighted by Crippen LogP contribution is -2.47. The molecule has 0 aromatic rings. The Labute approximate surface area is 107 Å². The third kappa shape index (κ3) is 2.79. The highest BCUT2D eigenvalue weighted by Crippen LogP contribution is 2.38. The van der Waals surface area contributed by atoms with Crippen LogP contribution in [0.25, 0.3) is 0 Å². The monoisotopic (exact) mass is 287 g/mol. The summed E-state index contributed by atoms with van der Waals surface area (Å²) in [6.07, 6.45) is 7.38. The first-order valence-corrected chi connectivity index (χ1v) is 7.72. The molecule has 16 heavy (non-hydrogen) atoms. The Bertz CT molecular complexity index is 248. The van der Waals surface area contributed by atoms with E-state index in [1.54, 1.807) is 0 Å². The molecule has 2 rings (SSSR count). The van der Waals surface area contributed by atoms with Crippen LogP contribution in [0.15, 0.2) is 0 Å². The van der Waals surface area contributed by atoms with Crippen LogP contribution in [0.5, 0.6) is 0 Å². The highest BCUT2D eigenvalue weighted by molar-refractivity contribution is 9.09. The number of hydrogen-bond acceptors (Lipinski definition) is 1. The number of halogens is 1. The van der Waals surface area contributed by atoms with Crippen molar-refractivity contribution in [1.29, 1.82) is 0 Å². The van der Waals surface area contributed by atoms with E-state index >= 15 is 0 Å². The zero-order chi connectivity index (χ0) is 11.5. The first-order chi connectivity index (χ1) is 7.74. The van der Waals surface area contributed by atoms with Gasteiger partial charge in [0, 0.05) is 23.8 Å². The lowest BCUT2D eigenvalue weighted by Gasteiger charge is -2.39. The minimum atomic E-state index is 0.274. The molecule has 0 aliphatic heterocycles. The predicted octanol–water partition coefficient (Wildman–Crippen LogP) is 3.20. The molecule has 2 saturated carbocycles. The SMILES string of the molecule is CC(C(=O)N(CCCBr)C1CCC1)C1CC1. The normalized spacial score (nSPS) is 22.6. The Morgan fingerprint density at radius 2 is 2.06 bits per heavy atom.